The maximum atomic E-state index is 4.42. The maximum absolute atomic E-state index is 4.42. The maximum Gasteiger partial charge on any atom is 0.0346 e. The van der Waals surface area contributed by atoms with Crippen LogP contribution in [0.3, 0.4) is 0 Å². The summed E-state index contributed by atoms with van der Waals surface area (Å²) in [5.41, 5.74) is 1.70. The first-order valence-corrected chi connectivity index (χ1v) is 7.90. The van der Waals surface area contributed by atoms with Crippen molar-refractivity contribution < 1.29 is 0 Å². The van der Waals surface area contributed by atoms with E-state index in [2.05, 4.69) is 69.3 Å². The van der Waals surface area contributed by atoms with Crippen molar-refractivity contribution in [2.45, 2.75) is 46.6 Å². The molecule has 1 heterocycles. The normalized spacial score (nSPS) is 15.1. The van der Waals surface area contributed by atoms with E-state index in [9.17, 15) is 0 Å². The van der Waals surface area contributed by atoms with E-state index in [1.165, 1.54) is 22.8 Å². The minimum absolute atomic E-state index is 0.362. The zero-order valence-electron chi connectivity index (χ0n) is 14.0. The molecule has 0 fully saturated rings. The predicted molar refractivity (Wildman–Crippen MR) is 91.4 cm³/mol. The van der Waals surface area contributed by atoms with Crippen molar-refractivity contribution in [2.75, 3.05) is 7.05 Å². The molecule has 2 nitrogen and oxygen atoms in total. The minimum Gasteiger partial charge on any atom is -0.313 e. The van der Waals surface area contributed by atoms with Crippen LogP contribution in [0.5, 0.6) is 0 Å². The van der Waals surface area contributed by atoms with Gasteiger partial charge in [0.2, 0.25) is 0 Å². The van der Waals surface area contributed by atoms with Gasteiger partial charge in [-0.05, 0) is 42.2 Å². The minimum atomic E-state index is 0.362. The first kappa shape index (κ1) is 16.0. The summed E-state index contributed by atoms with van der Waals surface area (Å²) < 4.78 is 0. The Morgan fingerprint density at radius 2 is 1.86 bits per heavy atom. The van der Waals surface area contributed by atoms with Crippen LogP contribution in [0.15, 0.2) is 36.7 Å². The highest BCUT2D eigenvalue weighted by Crippen LogP contribution is 2.32. The third-order valence-electron chi connectivity index (χ3n) is 4.02. The van der Waals surface area contributed by atoms with Crippen molar-refractivity contribution in [2.24, 2.45) is 11.3 Å². The molecule has 0 amide bonds. The molecular weight excluding hydrogens is 256 g/mol. The van der Waals surface area contributed by atoms with Gasteiger partial charge in [0.15, 0.2) is 0 Å². The van der Waals surface area contributed by atoms with Crippen LogP contribution in [-0.4, -0.2) is 12.0 Å². The molecule has 2 aromatic rings. The molecule has 114 valence electrons. The third kappa shape index (κ3) is 4.28. The summed E-state index contributed by atoms with van der Waals surface area (Å²) in [6, 6.07) is 8.88. The highest BCUT2D eigenvalue weighted by molar-refractivity contribution is 5.85. The molecule has 0 bridgehead atoms. The Balaban J connectivity index is 2.24. The number of nitrogens with zero attached hydrogens (tertiary/aromatic N) is 1. The largest absolute Gasteiger partial charge is 0.313 e. The van der Waals surface area contributed by atoms with E-state index < -0.39 is 0 Å². The van der Waals surface area contributed by atoms with Gasteiger partial charge >= 0.3 is 0 Å². The lowest BCUT2D eigenvalue weighted by Crippen LogP contribution is -2.21. The lowest BCUT2D eigenvalue weighted by atomic mass is 9.82. The Hall–Kier alpha value is -1.41. The molecule has 0 saturated heterocycles. The van der Waals surface area contributed by atoms with Gasteiger partial charge in [0.05, 0.1) is 0 Å². The number of hydrogen-bond donors (Lipinski definition) is 1. The van der Waals surface area contributed by atoms with Crippen LogP contribution < -0.4 is 5.32 Å². The second kappa shape index (κ2) is 6.57. The van der Waals surface area contributed by atoms with Gasteiger partial charge in [0, 0.05) is 23.8 Å². The van der Waals surface area contributed by atoms with Gasteiger partial charge in [-0.3, -0.25) is 4.98 Å². The Bertz CT molecular complexity index is 578. The van der Waals surface area contributed by atoms with Crippen molar-refractivity contribution in [1.29, 1.82) is 0 Å². The summed E-state index contributed by atoms with van der Waals surface area (Å²) in [4.78, 5) is 4.42. The average Bonchev–Trinajstić information content (AvgIpc) is 2.42. The molecular formula is C19H28N2. The topological polar surface area (TPSA) is 24.9 Å². The quantitative estimate of drug-likeness (QED) is 0.839. The number of rotatable bonds is 5. The van der Waals surface area contributed by atoms with E-state index in [4.69, 9.17) is 0 Å². The molecule has 0 aliphatic rings. The summed E-state index contributed by atoms with van der Waals surface area (Å²) in [5.74, 6) is 0.682. The number of pyridine rings is 1. The number of hydrogen-bond acceptors (Lipinski definition) is 2. The molecule has 1 aromatic heterocycles. The molecule has 2 unspecified atom stereocenters. The van der Waals surface area contributed by atoms with E-state index in [0.29, 0.717) is 17.4 Å². The van der Waals surface area contributed by atoms with Crippen LogP contribution >= 0.6 is 0 Å². The van der Waals surface area contributed by atoms with E-state index in [1.54, 1.807) is 0 Å². The molecule has 0 radical (unpaired) electrons. The molecule has 0 aliphatic carbocycles. The van der Waals surface area contributed by atoms with Crippen LogP contribution in [0.1, 0.15) is 52.1 Å². The summed E-state index contributed by atoms with van der Waals surface area (Å²) in [6.07, 6.45) is 6.35. The lowest BCUT2D eigenvalue weighted by Gasteiger charge is -2.27. The van der Waals surface area contributed by atoms with E-state index in [0.717, 1.165) is 6.42 Å². The van der Waals surface area contributed by atoms with Crippen LogP contribution in [0.2, 0.25) is 0 Å². The fourth-order valence-electron chi connectivity index (χ4n) is 3.35. The first-order chi connectivity index (χ1) is 9.90. The van der Waals surface area contributed by atoms with Crippen molar-refractivity contribution in [1.82, 2.24) is 10.3 Å². The SMILES string of the molecule is CNC(CC(C)CC(C)(C)C)c1cncc2ccccc12. The van der Waals surface area contributed by atoms with Crippen LogP contribution in [0.4, 0.5) is 0 Å². The summed E-state index contributed by atoms with van der Waals surface area (Å²) >= 11 is 0. The molecule has 21 heavy (non-hydrogen) atoms. The average molecular weight is 284 g/mol. The highest BCUT2D eigenvalue weighted by Gasteiger charge is 2.20. The number of fused-ring (bicyclic) bond motifs is 1. The second-order valence-corrected chi connectivity index (χ2v) is 7.40. The Labute approximate surface area is 129 Å². The van der Waals surface area contributed by atoms with Crippen molar-refractivity contribution in [3.05, 3.63) is 42.2 Å². The zero-order valence-corrected chi connectivity index (χ0v) is 14.0. The summed E-state index contributed by atoms with van der Waals surface area (Å²) in [6.45, 7) is 9.31. The lowest BCUT2D eigenvalue weighted by molar-refractivity contribution is 0.279. The van der Waals surface area contributed by atoms with Gasteiger partial charge in [0.1, 0.15) is 0 Å². The Kier molecular flexibility index (Phi) is 5.00. The van der Waals surface area contributed by atoms with E-state index >= 15 is 0 Å². The highest BCUT2D eigenvalue weighted by atomic mass is 14.9. The number of aromatic nitrogens is 1. The molecule has 2 heteroatoms. The Morgan fingerprint density at radius 1 is 1.14 bits per heavy atom. The van der Waals surface area contributed by atoms with Gasteiger partial charge in [-0.1, -0.05) is 52.0 Å². The first-order valence-electron chi connectivity index (χ1n) is 7.90. The van der Waals surface area contributed by atoms with Gasteiger partial charge < -0.3 is 5.32 Å². The van der Waals surface area contributed by atoms with Gasteiger partial charge in [-0.25, -0.2) is 0 Å². The molecule has 0 aliphatic heterocycles. The zero-order chi connectivity index (χ0) is 15.5. The van der Waals surface area contributed by atoms with Crippen LogP contribution in [0, 0.1) is 11.3 Å². The van der Waals surface area contributed by atoms with Gasteiger partial charge in [0.25, 0.3) is 0 Å². The summed E-state index contributed by atoms with van der Waals surface area (Å²) in [7, 11) is 2.05. The fourth-order valence-corrected chi connectivity index (χ4v) is 3.35. The number of benzene rings is 1. The van der Waals surface area contributed by atoms with Crippen LogP contribution in [0.25, 0.3) is 10.8 Å². The standard InChI is InChI=1S/C19H28N2/c1-14(11-19(2,3)4)10-18(20-5)17-13-21-12-15-8-6-7-9-16(15)17/h6-9,12-14,18,20H,10-11H2,1-5H3. The molecule has 1 N–H and O–H groups in total. The predicted octanol–water partition coefficient (Wildman–Crippen LogP) is 4.96. The van der Waals surface area contributed by atoms with Gasteiger partial charge in [-0.15, -0.1) is 0 Å². The van der Waals surface area contributed by atoms with E-state index in [1.807, 2.05) is 12.4 Å². The van der Waals surface area contributed by atoms with E-state index in [-0.39, 0.29) is 0 Å². The van der Waals surface area contributed by atoms with Crippen molar-refractivity contribution >= 4 is 10.8 Å². The smallest absolute Gasteiger partial charge is 0.0346 e. The Morgan fingerprint density at radius 3 is 2.52 bits per heavy atom. The molecule has 0 saturated carbocycles. The second-order valence-electron chi connectivity index (χ2n) is 7.40. The van der Waals surface area contributed by atoms with Crippen molar-refractivity contribution in [3.8, 4) is 0 Å². The molecule has 0 spiro atoms. The number of nitrogens with one attached hydrogen (secondary N) is 1. The molecule has 2 rings (SSSR count). The molecule has 1 aromatic carbocycles. The van der Waals surface area contributed by atoms with Crippen molar-refractivity contribution in [3.63, 3.8) is 0 Å². The monoisotopic (exact) mass is 284 g/mol. The summed E-state index contributed by atoms with van der Waals surface area (Å²) in [5, 5.41) is 6.02. The van der Waals surface area contributed by atoms with Crippen LogP contribution in [-0.2, 0) is 0 Å². The molecule has 2 atom stereocenters. The fraction of sp³-hybridized carbons (Fsp3) is 0.526. The van der Waals surface area contributed by atoms with Gasteiger partial charge in [-0.2, -0.15) is 0 Å². The third-order valence-corrected chi connectivity index (χ3v) is 4.02.